The summed E-state index contributed by atoms with van der Waals surface area (Å²) < 4.78 is 11.0. The minimum absolute atomic E-state index is 0.0311. The van der Waals surface area contributed by atoms with Gasteiger partial charge in [-0.2, -0.15) is 0 Å². The highest BCUT2D eigenvalue weighted by Crippen LogP contribution is 2.34. The number of nitrogens with zero attached hydrogens (tertiary/aromatic N) is 2. The molecule has 1 saturated heterocycles. The van der Waals surface area contributed by atoms with E-state index in [1.54, 1.807) is 66.7 Å². The van der Waals surface area contributed by atoms with E-state index in [4.69, 9.17) is 21.7 Å². The monoisotopic (exact) mass is 527 g/mol. The molecule has 0 atom stereocenters. The van der Waals surface area contributed by atoms with E-state index in [0.717, 1.165) is 4.90 Å². The van der Waals surface area contributed by atoms with Gasteiger partial charge in [-0.3, -0.25) is 34.3 Å². The van der Waals surface area contributed by atoms with Crippen molar-refractivity contribution < 1.29 is 28.7 Å². The van der Waals surface area contributed by atoms with Crippen molar-refractivity contribution in [3.63, 3.8) is 0 Å². The second-order valence-electron chi connectivity index (χ2n) is 8.44. The second kappa shape index (κ2) is 9.91. The molecule has 2 aliphatic rings. The lowest BCUT2D eigenvalue weighted by molar-refractivity contribution is -0.122. The van der Waals surface area contributed by atoms with E-state index in [2.05, 4.69) is 5.32 Å². The van der Waals surface area contributed by atoms with Crippen LogP contribution in [0, 0.1) is 0 Å². The van der Waals surface area contributed by atoms with Gasteiger partial charge in [-0.15, -0.1) is 0 Å². The van der Waals surface area contributed by atoms with Gasteiger partial charge in [-0.05, 0) is 48.6 Å². The molecule has 4 amide bonds. The van der Waals surface area contributed by atoms with Crippen molar-refractivity contribution in [2.45, 2.75) is 6.54 Å². The van der Waals surface area contributed by atoms with Crippen LogP contribution in [0.3, 0.4) is 0 Å². The van der Waals surface area contributed by atoms with Gasteiger partial charge < -0.3 is 9.47 Å². The third-order valence-electron chi connectivity index (χ3n) is 6.26. The van der Waals surface area contributed by atoms with Crippen LogP contribution in [0.2, 0.25) is 0 Å². The summed E-state index contributed by atoms with van der Waals surface area (Å²) in [5.41, 5.74) is 1.84. The number of thiocarbonyl (C=S) groups is 1. The van der Waals surface area contributed by atoms with E-state index < -0.39 is 23.6 Å². The van der Waals surface area contributed by atoms with E-state index in [1.165, 1.54) is 25.2 Å². The predicted molar refractivity (Wildman–Crippen MR) is 143 cm³/mol. The zero-order valence-electron chi connectivity index (χ0n) is 20.4. The Bertz CT molecular complexity index is 1510. The number of rotatable bonds is 6. The van der Waals surface area contributed by atoms with E-state index in [0.29, 0.717) is 39.4 Å². The van der Waals surface area contributed by atoms with Crippen molar-refractivity contribution in [2.24, 2.45) is 0 Å². The van der Waals surface area contributed by atoms with Crippen LogP contribution in [0.25, 0.3) is 6.08 Å². The summed E-state index contributed by atoms with van der Waals surface area (Å²) in [5, 5.41) is 2.52. The third kappa shape index (κ3) is 4.20. The van der Waals surface area contributed by atoms with Crippen molar-refractivity contribution in [1.82, 2.24) is 10.2 Å². The van der Waals surface area contributed by atoms with Gasteiger partial charge in [-0.1, -0.05) is 30.3 Å². The molecule has 3 aromatic rings. The molecule has 5 rings (SSSR count). The van der Waals surface area contributed by atoms with E-state index in [-0.39, 0.29) is 17.2 Å². The fourth-order valence-electron chi connectivity index (χ4n) is 4.41. The Morgan fingerprint density at radius 2 is 1.42 bits per heavy atom. The molecule has 0 saturated carbocycles. The van der Waals surface area contributed by atoms with Crippen molar-refractivity contribution in [3.05, 3.63) is 94.6 Å². The highest BCUT2D eigenvalue weighted by molar-refractivity contribution is 7.80. The number of fused-ring (bicyclic) bond motifs is 1. The van der Waals surface area contributed by atoms with Gasteiger partial charge >= 0.3 is 0 Å². The zero-order chi connectivity index (χ0) is 27.0. The van der Waals surface area contributed by atoms with Crippen molar-refractivity contribution in [1.29, 1.82) is 0 Å². The van der Waals surface area contributed by atoms with Crippen LogP contribution < -0.4 is 19.7 Å². The average Bonchev–Trinajstić information content (AvgIpc) is 3.16. The van der Waals surface area contributed by atoms with Crippen molar-refractivity contribution in [2.75, 3.05) is 19.1 Å². The Morgan fingerprint density at radius 3 is 2.03 bits per heavy atom. The van der Waals surface area contributed by atoms with Crippen LogP contribution >= 0.6 is 12.2 Å². The predicted octanol–water partition coefficient (Wildman–Crippen LogP) is 3.33. The number of nitrogens with one attached hydrogen (secondary N) is 1. The Morgan fingerprint density at radius 1 is 0.816 bits per heavy atom. The van der Waals surface area contributed by atoms with E-state index in [9.17, 15) is 19.2 Å². The Balaban J connectivity index is 1.54. The molecule has 0 aromatic heterocycles. The normalized spacial score (nSPS) is 16.2. The summed E-state index contributed by atoms with van der Waals surface area (Å²) in [7, 11) is 2.89. The SMILES string of the molecule is COc1cc(OC)c(CN2C(=O)c3ccccc3C2=O)cc1C=C1C(=O)NC(=S)N(c2ccccc2)C1=O. The molecule has 190 valence electrons. The summed E-state index contributed by atoms with van der Waals surface area (Å²) in [6.45, 7) is -0.0872. The lowest BCUT2D eigenvalue weighted by Gasteiger charge is -2.29. The maximum atomic E-state index is 13.4. The number of carbonyl (C=O) groups is 4. The molecule has 0 aliphatic carbocycles. The quantitative estimate of drug-likeness (QED) is 0.227. The number of hydrogen-bond acceptors (Lipinski definition) is 7. The number of para-hydroxylation sites is 1. The largest absolute Gasteiger partial charge is 0.496 e. The molecule has 0 spiro atoms. The van der Waals surface area contributed by atoms with Crippen molar-refractivity contribution in [3.8, 4) is 11.5 Å². The number of amides is 4. The average molecular weight is 528 g/mol. The summed E-state index contributed by atoms with van der Waals surface area (Å²) in [6.07, 6.45) is 1.39. The van der Waals surface area contributed by atoms with Gasteiger partial charge in [0.25, 0.3) is 23.6 Å². The molecular formula is C28H21N3O6S. The van der Waals surface area contributed by atoms with Gasteiger partial charge in [0.1, 0.15) is 17.1 Å². The van der Waals surface area contributed by atoms with Crippen LogP contribution in [-0.4, -0.2) is 47.9 Å². The molecule has 38 heavy (non-hydrogen) atoms. The molecule has 1 fully saturated rings. The number of hydrogen-bond donors (Lipinski definition) is 1. The third-order valence-corrected chi connectivity index (χ3v) is 6.54. The number of methoxy groups -OCH3 is 2. The first kappa shape index (κ1) is 24.8. The summed E-state index contributed by atoms with van der Waals surface area (Å²) in [6, 6.07) is 18.5. The fourth-order valence-corrected chi connectivity index (χ4v) is 4.69. The van der Waals surface area contributed by atoms with E-state index >= 15 is 0 Å². The molecule has 9 nitrogen and oxygen atoms in total. The van der Waals surface area contributed by atoms with Crippen LogP contribution in [0.1, 0.15) is 31.8 Å². The molecule has 0 radical (unpaired) electrons. The fraction of sp³-hybridized carbons (Fsp3) is 0.107. The number of anilines is 1. The molecule has 2 heterocycles. The maximum absolute atomic E-state index is 13.4. The minimum atomic E-state index is -0.660. The number of carbonyl (C=O) groups excluding carboxylic acids is 4. The Labute approximate surface area is 223 Å². The van der Waals surface area contributed by atoms with Gasteiger partial charge in [0.15, 0.2) is 5.11 Å². The van der Waals surface area contributed by atoms with Crippen LogP contribution in [0.4, 0.5) is 5.69 Å². The van der Waals surface area contributed by atoms with Crippen LogP contribution in [0.5, 0.6) is 11.5 Å². The van der Waals surface area contributed by atoms with Gasteiger partial charge in [0.05, 0.1) is 37.6 Å². The highest BCUT2D eigenvalue weighted by atomic mass is 32.1. The molecular weight excluding hydrogens is 506 g/mol. The van der Waals surface area contributed by atoms with Crippen molar-refractivity contribution >= 4 is 52.7 Å². The number of benzene rings is 3. The number of imide groups is 1. The summed E-state index contributed by atoms with van der Waals surface area (Å²) >= 11 is 5.25. The van der Waals surface area contributed by atoms with Gasteiger partial charge in [-0.25, -0.2) is 0 Å². The standard InChI is InChI=1S/C28H21N3O6S/c1-36-22-14-23(37-2)17(15-30-25(33)19-10-6-7-11-20(19)26(30)34)12-16(22)13-21-24(32)29-28(38)31(27(21)35)18-8-4-3-5-9-18/h3-14H,15H2,1-2H3,(H,29,32,38). The highest BCUT2D eigenvalue weighted by Gasteiger charge is 2.37. The zero-order valence-corrected chi connectivity index (χ0v) is 21.2. The second-order valence-corrected chi connectivity index (χ2v) is 8.83. The molecule has 1 N–H and O–H groups in total. The minimum Gasteiger partial charge on any atom is -0.496 e. The Kier molecular flexibility index (Phi) is 6.48. The first-order chi connectivity index (χ1) is 18.3. The lowest BCUT2D eigenvalue weighted by atomic mass is 10.0. The van der Waals surface area contributed by atoms with Crippen LogP contribution in [0.15, 0.2) is 72.3 Å². The van der Waals surface area contributed by atoms with E-state index in [1.807, 2.05) is 0 Å². The number of ether oxygens (including phenoxy) is 2. The lowest BCUT2D eigenvalue weighted by Crippen LogP contribution is -2.54. The first-order valence-electron chi connectivity index (χ1n) is 11.5. The maximum Gasteiger partial charge on any atom is 0.270 e. The Hall–Kier alpha value is -4.83. The first-order valence-corrected chi connectivity index (χ1v) is 11.9. The molecule has 3 aromatic carbocycles. The smallest absolute Gasteiger partial charge is 0.270 e. The molecule has 0 bridgehead atoms. The van der Waals surface area contributed by atoms with Crippen LogP contribution in [-0.2, 0) is 16.1 Å². The molecule has 0 unspecified atom stereocenters. The van der Waals surface area contributed by atoms with Gasteiger partial charge in [0, 0.05) is 17.2 Å². The summed E-state index contributed by atoms with van der Waals surface area (Å²) in [4.78, 5) is 54.4. The molecule has 2 aliphatic heterocycles. The summed E-state index contributed by atoms with van der Waals surface area (Å²) in [5.74, 6) is -1.42. The molecule has 10 heteroatoms. The van der Waals surface area contributed by atoms with Gasteiger partial charge in [0.2, 0.25) is 0 Å². The topological polar surface area (TPSA) is 105 Å².